The molecule has 7 unspecified atom stereocenters. The summed E-state index contributed by atoms with van der Waals surface area (Å²) in [4.78, 5) is 77.4. The Morgan fingerprint density at radius 1 is 0.758 bits per heavy atom. The molecule has 2 amide bonds. The van der Waals surface area contributed by atoms with Crippen molar-refractivity contribution in [2.75, 3.05) is 41.5 Å². The van der Waals surface area contributed by atoms with Crippen molar-refractivity contribution in [2.45, 2.75) is 183 Å². The Balaban J connectivity index is 1.16. The molecule has 9 rings (SSSR count). The fraction of sp³-hybridized carbons (Fsp3) is 0.865. The number of aliphatic hydroxyl groups is 1. The second kappa shape index (κ2) is 20.4. The molecule has 0 bridgehead atoms. The lowest BCUT2D eigenvalue weighted by atomic mass is 9.55. The Kier molecular flexibility index (Phi) is 14.8. The Labute approximate surface area is 392 Å². The van der Waals surface area contributed by atoms with Crippen molar-refractivity contribution in [3.05, 3.63) is 0 Å². The number of carbonyl (C=O) groups excluding carboxylic acids is 5. The lowest BCUT2D eigenvalue weighted by molar-refractivity contribution is -0.191. The molecular weight excluding hydrogens is 843 g/mol. The molecule has 14 nitrogen and oxygen atoms in total. The van der Waals surface area contributed by atoms with Crippen molar-refractivity contribution >= 4 is 29.7 Å². The lowest BCUT2D eigenvalue weighted by Gasteiger charge is -2.54. The van der Waals surface area contributed by atoms with Gasteiger partial charge < -0.3 is 39.0 Å². The van der Waals surface area contributed by atoms with Gasteiger partial charge in [-0.2, -0.15) is 0 Å². The molecule has 4 heterocycles. The molecule has 0 aromatic rings. The molecule has 9 fully saturated rings. The Hall–Kier alpha value is -3.25. The number of carbonyl (C=O) groups is 5. The van der Waals surface area contributed by atoms with Crippen LogP contribution >= 0.6 is 0 Å². The number of morpholine rings is 1. The summed E-state index contributed by atoms with van der Waals surface area (Å²) >= 11 is 0. The highest BCUT2D eigenvalue weighted by molar-refractivity contribution is 5.99. The number of hydrogen-bond donors (Lipinski definition) is 2. The van der Waals surface area contributed by atoms with Crippen LogP contribution in [0.5, 0.6) is 0 Å². The van der Waals surface area contributed by atoms with Crippen LogP contribution in [-0.2, 0) is 47.7 Å². The molecule has 4 saturated heterocycles. The first-order chi connectivity index (χ1) is 32.0. The number of ether oxygens (including phenoxy) is 5. The highest BCUT2D eigenvalue weighted by Gasteiger charge is 2.78. The van der Waals surface area contributed by atoms with Gasteiger partial charge in [-0.25, -0.2) is 0 Å². The third-order valence-electron chi connectivity index (χ3n) is 18.9. The maximum atomic E-state index is 16.3. The molecule has 1 spiro atoms. The monoisotopic (exact) mass is 920 g/mol. The van der Waals surface area contributed by atoms with Crippen molar-refractivity contribution in [3.8, 4) is 11.8 Å². The number of nitrogens with zero attached hydrogens (tertiary/aromatic N) is 2. The summed E-state index contributed by atoms with van der Waals surface area (Å²) in [5.74, 6) is 3.02. The van der Waals surface area contributed by atoms with Gasteiger partial charge in [0.05, 0.1) is 49.9 Å². The maximum absolute atomic E-state index is 16.3. The van der Waals surface area contributed by atoms with Gasteiger partial charge in [0.15, 0.2) is 5.92 Å². The third-order valence-corrected chi connectivity index (χ3v) is 18.9. The number of hydrogen-bond acceptors (Lipinski definition) is 12. The predicted octanol–water partition coefficient (Wildman–Crippen LogP) is 5.21. The van der Waals surface area contributed by atoms with Gasteiger partial charge in [0.1, 0.15) is 12.1 Å². The van der Waals surface area contributed by atoms with Crippen LogP contribution in [-0.4, -0.2) is 135 Å². The summed E-state index contributed by atoms with van der Waals surface area (Å²) in [6.07, 6.45) is 17.0. The predicted molar refractivity (Wildman–Crippen MR) is 242 cm³/mol. The smallest absolute Gasteiger partial charge is 0.324 e. The highest BCUT2D eigenvalue weighted by atomic mass is 16.6. The number of cyclic esters (lactones) is 1. The highest BCUT2D eigenvalue weighted by Crippen LogP contribution is 2.64. The Morgan fingerprint density at radius 3 is 2.03 bits per heavy atom. The number of fused-ring (bicyclic) bond motifs is 4. The molecular formula is C52H77N3O11. The van der Waals surface area contributed by atoms with Gasteiger partial charge in [0.25, 0.3) is 0 Å². The molecule has 66 heavy (non-hydrogen) atoms. The second-order valence-electron chi connectivity index (χ2n) is 21.9. The van der Waals surface area contributed by atoms with E-state index in [0.29, 0.717) is 64.0 Å². The topological polar surface area (TPSA) is 170 Å². The van der Waals surface area contributed by atoms with E-state index in [4.69, 9.17) is 23.7 Å². The minimum absolute atomic E-state index is 0.000876. The fourth-order valence-corrected chi connectivity index (χ4v) is 15.8. The van der Waals surface area contributed by atoms with E-state index in [0.717, 1.165) is 70.6 Å². The Morgan fingerprint density at radius 2 is 1.39 bits per heavy atom. The van der Waals surface area contributed by atoms with Gasteiger partial charge in [-0.1, -0.05) is 44.4 Å². The number of piperidine rings is 1. The van der Waals surface area contributed by atoms with Crippen molar-refractivity contribution in [3.63, 3.8) is 0 Å². The van der Waals surface area contributed by atoms with Gasteiger partial charge in [-0.3, -0.25) is 28.9 Å². The van der Waals surface area contributed by atoms with Crippen molar-refractivity contribution in [2.24, 2.45) is 58.7 Å². The van der Waals surface area contributed by atoms with E-state index < -0.39 is 47.4 Å². The van der Waals surface area contributed by atoms with Gasteiger partial charge in [-0.15, -0.1) is 5.92 Å². The lowest BCUT2D eigenvalue weighted by Crippen LogP contribution is -2.66. The van der Waals surface area contributed by atoms with E-state index >= 15 is 14.4 Å². The van der Waals surface area contributed by atoms with E-state index in [9.17, 15) is 14.7 Å². The summed E-state index contributed by atoms with van der Waals surface area (Å²) in [5.41, 5.74) is -1.26. The molecule has 5 saturated carbocycles. The molecule has 13 atom stereocenters. The molecule has 366 valence electrons. The van der Waals surface area contributed by atoms with E-state index in [2.05, 4.69) is 22.1 Å². The fourth-order valence-electron chi connectivity index (χ4n) is 15.8. The van der Waals surface area contributed by atoms with E-state index in [1.165, 1.54) is 27.1 Å². The average molecular weight is 920 g/mol. The van der Waals surface area contributed by atoms with Crippen LogP contribution in [0.3, 0.4) is 0 Å². The quantitative estimate of drug-likeness (QED) is 0.134. The zero-order valence-corrected chi connectivity index (χ0v) is 40.0. The molecule has 4 aliphatic heterocycles. The Bertz CT molecular complexity index is 1830. The van der Waals surface area contributed by atoms with E-state index in [-0.39, 0.29) is 90.1 Å². The normalized spacial score (nSPS) is 40.9. The van der Waals surface area contributed by atoms with Crippen LogP contribution in [0.1, 0.15) is 135 Å². The van der Waals surface area contributed by atoms with Crippen LogP contribution in [0.25, 0.3) is 0 Å². The number of esters is 3. The zero-order chi connectivity index (χ0) is 46.3. The van der Waals surface area contributed by atoms with Gasteiger partial charge in [0, 0.05) is 51.7 Å². The summed E-state index contributed by atoms with van der Waals surface area (Å²) in [6, 6.07) is -1.64. The maximum Gasteiger partial charge on any atom is 0.324 e. The summed E-state index contributed by atoms with van der Waals surface area (Å²) in [5, 5.41) is 14.5. The minimum Gasteiger partial charge on any atom is -0.468 e. The molecule has 0 radical (unpaired) electrons. The van der Waals surface area contributed by atoms with Crippen LogP contribution in [0.4, 0.5) is 0 Å². The van der Waals surface area contributed by atoms with Crippen LogP contribution in [0, 0.1) is 70.5 Å². The van der Waals surface area contributed by atoms with Crippen molar-refractivity contribution < 1.29 is 52.8 Å². The average Bonchev–Trinajstić information content (AvgIpc) is 3.83. The molecule has 0 aromatic heterocycles. The van der Waals surface area contributed by atoms with E-state index in [1.807, 2.05) is 4.90 Å². The molecule has 5 aliphatic carbocycles. The molecule has 14 heteroatoms. The first-order valence-corrected chi connectivity index (χ1v) is 26.0. The van der Waals surface area contributed by atoms with Crippen molar-refractivity contribution in [1.29, 1.82) is 0 Å². The number of amides is 2. The minimum atomic E-state index is -1.26. The summed E-state index contributed by atoms with van der Waals surface area (Å²) < 4.78 is 28.6. The van der Waals surface area contributed by atoms with Gasteiger partial charge in [-0.05, 0) is 125 Å². The second-order valence-corrected chi connectivity index (χ2v) is 21.9. The van der Waals surface area contributed by atoms with Crippen LogP contribution in [0.2, 0.25) is 0 Å². The summed E-state index contributed by atoms with van der Waals surface area (Å²) in [6.45, 7) is 1.08. The SMILES string of the molecule is COC(=O)C(CC#CC1CCC2NC(=O)[C@@]3(C2C1)[C@H](C1CCC(O)CC1)N1[C@H](C2CCCCC2)[C@H](C2CCCCC2)OC(=O)[C@H]1[C@@H]3C(=O)N1CCC2CC(OC)C(OC)CC2C1)C(=O)OC. The van der Waals surface area contributed by atoms with Gasteiger partial charge >= 0.3 is 17.9 Å². The largest absolute Gasteiger partial charge is 0.468 e. The van der Waals surface area contributed by atoms with Gasteiger partial charge in [0.2, 0.25) is 11.8 Å². The first kappa shape index (κ1) is 47.8. The molecule has 0 aromatic carbocycles. The first-order valence-electron chi connectivity index (χ1n) is 26.0. The molecule has 9 aliphatic rings. The zero-order valence-electron chi connectivity index (χ0n) is 40.0. The molecule has 2 N–H and O–H groups in total. The van der Waals surface area contributed by atoms with Crippen molar-refractivity contribution in [1.82, 2.24) is 15.1 Å². The number of aliphatic hydroxyl groups excluding tert-OH is 1. The van der Waals surface area contributed by atoms with E-state index in [1.54, 1.807) is 14.2 Å². The standard InChI is InChI=1S/C52H77N3O11/c1-62-40-27-34-24-25-54(29-35(34)28-41(40)63-2)47(57)42-44-50(60)66-45(32-15-9-6-10-16-32)43(31-13-7-5-8-14-31)55(44)46(33-19-21-36(56)22-20-33)52(42)38-26-30(18-23-39(38)53-51(52)61)12-11-17-37(48(58)64-3)49(59)65-4/h30-46,56H,5-10,13-29H2,1-4H3,(H,53,61)/t30?,33?,34?,35?,36?,38?,39?,40?,41?,42-,43-,44-,45+,46+,52-/m1/s1. The number of likely N-dealkylation sites (tertiary alicyclic amines) is 1. The number of rotatable bonds is 9. The van der Waals surface area contributed by atoms with Crippen LogP contribution < -0.4 is 5.32 Å². The van der Waals surface area contributed by atoms with Crippen LogP contribution in [0.15, 0.2) is 0 Å². The number of methoxy groups -OCH3 is 4. The third kappa shape index (κ3) is 8.61. The summed E-state index contributed by atoms with van der Waals surface area (Å²) in [7, 11) is 5.96. The number of nitrogens with one attached hydrogen (secondary N) is 1.